The number of carbonyl (C=O) groups is 1. The van der Waals surface area contributed by atoms with E-state index >= 15 is 0 Å². The Morgan fingerprint density at radius 1 is 1.15 bits per heavy atom. The molecule has 1 saturated heterocycles. The Labute approximate surface area is 163 Å². The number of piperidine rings is 1. The van der Waals surface area contributed by atoms with Gasteiger partial charge in [-0.15, -0.1) is 0 Å². The summed E-state index contributed by atoms with van der Waals surface area (Å²) >= 11 is 0. The largest absolute Gasteiger partial charge is 0.478 e. The lowest BCUT2D eigenvalue weighted by Gasteiger charge is -2.37. The molecule has 0 bridgehead atoms. The first-order valence-electron chi connectivity index (χ1n) is 10.4. The molecule has 0 spiro atoms. The molecule has 5 heteroatoms. The molecule has 27 heavy (non-hydrogen) atoms. The van der Waals surface area contributed by atoms with E-state index in [1.165, 1.54) is 0 Å². The zero-order valence-electron chi connectivity index (χ0n) is 17.1. The van der Waals surface area contributed by atoms with E-state index in [0.29, 0.717) is 11.5 Å². The van der Waals surface area contributed by atoms with Crippen LogP contribution >= 0.6 is 0 Å². The van der Waals surface area contributed by atoms with E-state index in [9.17, 15) is 4.79 Å². The number of benzene rings is 1. The van der Waals surface area contributed by atoms with Gasteiger partial charge in [0.1, 0.15) is 0 Å². The zero-order valence-corrected chi connectivity index (χ0v) is 17.1. The molecule has 0 atom stereocenters. The van der Waals surface area contributed by atoms with Crippen LogP contribution in [0.4, 0.5) is 5.69 Å². The average molecular weight is 378 g/mol. The summed E-state index contributed by atoms with van der Waals surface area (Å²) in [5, 5.41) is 9.14. The van der Waals surface area contributed by atoms with Crippen LogP contribution in [0.3, 0.4) is 0 Å². The maximum Gasteiger partial charge on any atom is 0.335 e. The molecule has 5 nitrogen and oxygen atoms in total. The molecule has 1 N–H and O–H groups in total. The molecule has 1 fully saturated rings. The fraction of sp³-hybridized carbons (Fsp3) is 0.682. The summed E-state index contributed by atoms with van der Waals surface area (Å²) in [5.41, 5.74) is 2.50. The van der Waals surface area contributed by atoms with Crippen molar-refractivity contribution in [2.24, 2.45) is 5.92 Å². The second-order valence-corrected chi connectivity index (χ2v) is 7.45. The van der Waals surface area contributed by atoms with Crippen LogP contribution in [0.1, 0.15) is 68.3 Å². The highest BCUT2D eigenvalue weighted by molar-refractivity contribution is 5.88. The number of anilines is 1. The van der Waals surface area contributed by atoms with Gasteiger partial charge in [-0.1, -0.05) is 26.7 Å². The normalized spacial score (nSPS) is 15.5. The van der Waals surface area contributed by atoms with Gasteiger partial charge in [0.05, 0.1) is 5.56 Å². The highest BCUT2D eigenvalue weighted by Crippen LogP contribution is 2.29. The van der Waals surface area contributed by atoms with Crippen LogP contribution in [0.2, 0.25) is 0 Å². The van der Waals surface area contributed by atoms with Crippen LogP contribution in [-0.2, 0) is 9.47 Å². The van der Waals surface area contributed by atoms with Crippen molar-refractivity contribution in [2.45, 2.75) is 65.6 Å². The topological polar surface area (TPSA) is 59.0 Å². The quantitative estimate of drug-likeness (QED) is 0.440. The van der Waals surface area contributed by atoms with E-state index in [1.807, 2.05) is 13.0 Å². The lowest BCUT2D eigenvalue weighted by atomic mass is 9.95. The third kappa shape index (κ3) is 6.51. The fourth-order valence-corrected chi connectivity index (χ4v) is 3.56. The molecule has 2 rings (SSSR count). The third-order valence-electron chi connectivity index (χ3n) is 5.27. The van der Waals surface area contributed by atoms with E-state index < -0.39 is 5.97 Å². The summed E-state index contributed by atoms with van der Waals surface area (Å²) in [6.07, 6.45) is 6.37. The summed E-state index contributed by atoms with van der Waals surface area (Å²) in [6.45, 7) is 9.76. The number of aromatic carboxylic acids is 1. The first-order valence-corrected chi connectivity index (χ1v) is 10.4. The van der Waals surface area contributed by atoms with Crippen LogP contribution in [0.5, 0.6) is 0 Å². The van der Waals surface area contributed by atoms with Crippen molar-refractivity contribution in [3.63, 3.8) is 0 Å². The van der Waals surface area contributed by atoms with Gasteiger partial charge in [-0.05, 0) is 56.4 Å². The lowest BCUT2D eigenvalue weighted by Crippen LogP contribution is -2.40. The highest BCUT2D eigenvalue weighted by Gasteiger charge is 2.28. The lowest BCUT2D eigenvalue weighted by molar-refractivity contribution is -0.177. The van der Waals surface area contributed by atoms with E-state index in [-0.39, 0.29) is 6.29 Å². The molecule has 0 aromatic heterocycles. The molecule has 1 aromatic carbocycles. The number of carboxylic acids is 1. The number of nitrogens with zero attached hydrogens (tertiary/aromatic N) is 1. The highest BCUT2D eigenvalue weighted by atomic mass is 16.7. The molecule has 0 unspecified atom stereocenters. The summed E-state index contributed by atoms with van der Waals surface area (Å²) in [6, 6.07) is 5.39. The minimum Gasteiger partial charge on any atom is -0.478 e. The molecule has 1 aliphatic heterocycles. The smallest absolute Gasteiger partial charge is 0.335 e. The Morgan fingerprint density at radius 2 is 1.74 bits per heavy atom. The Balaban J connectivity index is 1.93. The van der Waals surface area contributed by atoms with Crippen molar-refractivity contribution in [3.05, 3.63) is 29.3 Å². The minimum atomic E-state index is -0.875. The number of aryl methyl sites for hydroxylation is 1. The first-order chi connectivity index (χ1) is 13.1. The Kier molecular flexibility index (Phi) is 9.08. The van der Waals surface area contributed by atoms with Crippen LogP contribution in [0.25, 0.3) is 0 Å². The van der Waals surface area contributed by atoms with Crippen LogP contribution in [0.15, 0.2) is 18.2 Å². The Morgan fingerprint density at radius 3 is 2.22 bits per heavy atom. The van der Waals surface area contributed by atoms with Crippen molar-refractivity contribution < 1.29 is 19.4 Å². The summed E-state index contributed by atoms with van der Waals surface area (Å²) < 4.78 is 12.1. The number of carboxylic acid groups (broad SMARTS) is 1. The maximum absolute atomic E-state index is 11.1. The molecule has 0 radical (unpaired) electrons. The molecule has 1 heterocycles. The fourth-order valence-electron chi connectivity index (χ4n) is 3.56. The van der Waals surface area contributed by atoms with Gasteiger partial charge in [0.25, 0.3) is 0 Å². The molecule has 0 amide bonds. The second kappa shape index (κ2) is 11.3. The molecular formula is C22H35NO4. The van der Waals surface area contributed by atoms with Gasteiger partial charge in [0.2, 0.25) is 0 Å². The van der Waals surface area contributed by atoms with Gasteiger partial charge in [-0.25, -0.2) is 4.79 Å². The van der Waals surface area contributed by atoms with Gasteiger partial charge in [0, 0.05) is 37.9 Å². The van der Waals surface area contributed by atoms with E-state index in [2.05, 4.69) is 18.7 Å². The van der Waals surface area contributed by atoms with Crippen molar-refractivity contribution in [3.8, 4) is 0 Å². The van der Waals surface area contributed by atoms with Gasteiger partial charge >= 0.3 is 5.97 Å². The summed E-state index contributed by atoms with van der Waals surface area (Å²) in [7, 11) is 0. The van der Waals surface area contributed by atoms with Crippen molar-refractivity contribution in [1.29, 1.82) is 0 Å². The van der Waals surface area contributed by atoms with Crippen molar-refractivity contribution in [2.75, 3.05) is 31.2 Å². The SMILES string of the molecule is CCCCOC(OCCCC)C1CCN(c2ccc(C(=O)O)cc2C)CC1. The molecule has 152 valence electrons. The van der Waals surface area contributed by atoms with Gasteiger partial charge in [-0.3, -0.25) is 0 Å². The number of hydrogen-bond acceptors (Lipinski definition) is 4. The summed E-state index contributed by atoms with van der Waals surface area (Å²) in [5.74, 6) is -0.451. The molecule has 0 aliphatic carbocycles. The van der Waals surface area contributed by atoms with Gasteiger partial charge in [-0.2, -0.15) is 0 Å². The van der Waals surface area contributed by atoms with Crippen molar-refractivity contribution in [1.82, 2.24) is 0 Å². The molecule has 1 aliphatic rings. The molecular weight excluding hydrogens is 342 g/mol. The first kappa shape index (κ1) is 21.7. The maximum atomic E-state index is 11.1. The number of unbranched alkanes of at least 4 members (excludes halogenated alkanes) is 2. The second-order valence-electron chi connectivity index (χ2n) is 7.45. The van der Waals surface area contributed by atoms with Crippen molar-refractivity contribution >= 4 is 11.7 Å². The zero-order chi connectivity index (χ0) is 19.6. The average Bonchev–Trinajstić information content (AvgIpc) is 2.67. The monoisotopic (exact) mass is 377 g/mol. The Hall–Kier alpha value is -1.59. The predicted octanol–water partition coefficient (Wildman–Crippen LogP) is 4.87. The predicted molar refractivity (Wildman–Crippen MR) is 109 cm³/mol. The molecule has 1 aromatic rings. The Bertz CT molecular complexity index is 572. The number of ether oxygens (including phenoxy) is 2. The summed E-state index contributed by atoms with van der Waals surface area (Å²) in [4.78, 5) is 13.5. The van der Waals surface area contributed by atoms with E-state index in [0.717, 1.165) is 76.1 Å². The van der Waals surface area contributed by atoms with Crippen LogP contribution < -0.4 is 4.90 Å². The number of rotatable bonds is 11. The van der Waals surface area contributed by atoms with E-state index in [1.54, 1.807) is 12.1 Å². The minimum absolute atomic E-state index is 0.0965. The van der Waals surface area contributed by atoms with Crippen LogP contribution in [-0.4, -0.2) is 43.7 Å². The number of hydrogen-bond donors (Lipinski definition) is 1. The standard InChI is InChI=1S/C22H35NO4/c1-4-6-14-26-22(27-15-7-5-2)18-10-12-23(13-11-18)20-9-8-19(21(24)25)16-17(20)3/h8-9,16,18,22H,4-7,10-15H2,1-3H3,(H,24,25). The third-order valence-corrected chi connectivity index (χ3v) is 5.27. The molecule has 0 saturated carbocycles. The van der Waals surface area contributed by atoms with Gasteiger partial charge < -0.3 is 19.5 Å². The van der Waals surface area contributed by atoms with E-state index in [4.69, 9.17) is 14.6 Å². The van der Waals surface area contributed by atoms with Crippen LogP contribution in [0, 0.1) is 12.8 Å². The van der Waals surface area contributed by atoms with Gasteiger partial charge in [0.15, 0.2) is 6.29 Å².